The van der Waals surface area contributed by atoms with Crippen LogP contribution >= 0.6 is 0 Å². The van der Waals surface area contributed by atoms with E-state index in [4.69, 9.17) is 5.73 Å². The lowest BCUT2D eigenvalue weighted by Gasteiger charge is -2.07. The third-order valence-electron chi connectivity index (χ3n) is 2.84. The maximum absolute atomic E-state index is 12.0. The predicted octanol–water partition coefficient (Wildman–Crippen LogP) is 1.95. The van der Waals surface area contributed by atoms with Crippen molar-refractivity contribution >= 4 is 23.3 Å². The van der Waals surface area contributed by atoms with Crippen LogP contribution in [0.25, 0.3) is 0 Å². The topological polar surface area (TPSA) is 102 Å². The molecular formula is C14H17N5O2. The van der Waals surface area contributed by atoms with E-state index < -0.39 is 11.9 Å². The molecule has 0 fully saturated rings. The van der Waals surface area contributed by atoms with E-state index in [-0.39, 0.29) is 11.4 Å². The summed E-state index contributed by atoms with van der Waals surface area (Å²) in [7, 11) is 0. The number of urea groups is 1. The molecule has 0 aliphatic carbocycles. The number of hydrogen-bond donors (Lipinski definition) is 3. The van der Waals surface area contributed by atoms with E-state index in [9.17, 15) is 9.59 Å². The van der Waals surface area contributed by atoms with Crippen molar-refractivity contribution in [3.8, 4) is 0 Å². The van der Waals surface area contributed by atoms with Crippen molar-refractivity contribution < 1.29 is 9.59 Å². The van der Waals surface area contributed by atoms with E-state index >= 15 is 0 Å². The Morgan fingerprint density at radius 2 is 2.10 bits per heavy atom. The Morgan fingerprint density at radius 3 is 2.71 bits per heavy atom. The monoisotopic (exact) mass is 287 g/mol. The number of nitrogens with two attached hydrogens (primary N) is 1. The van der Waals surface area contributed by atoms with Crippen LogP contribution in [0.4, 0.5) is 16.2 Å². The van der Waals surface area contributed by atoms with Gasteiger partial charge in [0.1, 0.15) is 0 Å². The van der Waals surface area contributed by atoms with Crippen LogP contribution in [0.15, 0.2) is 30.5 Å². The Hall–Kier alpha value is -2.83. The van der Waals surface area contributed by atoms with Gasteiger partial charge < -0.3 is 16.4 Å². The van der Waals surface area contributed by atoms with Gasteiger partial charge in [0.15, 0.2) is 5.69 Å². The Balaban J connectivity index is 2.12. The van der Waals surface area contributed by atoms with Crippen molar-refractivity contribution in [3.63, 3.8) is 0 Å². The van der Waals surface area contributed by atoms with Crippen molar-refractivity contribution in [1.29, 1.82) is 0 Å². The first-order valence-electron chi connectivity index (χ1n) is 6.51. The molecule has 0 radical (unpaired) electrons. The number of rotatable bonds is 4. The van der Waals surface area contributed by atoms with Gasteiger partial charge in [-0.1, -0.05) is 12.1 Å². The number of aromatic nitrogens is 2. The molecule has 2 aromatic rings. The number of aryl methyl sites for hydroxylation is 2. The minimum atomic E-state index is -0.687. The lowest BCUT2D eigenvalue weighted by molar-refractivity contribution is 0.0995. The summed E-state index contributed by atoms with van der Waals surface area (Å²) in [6, 6.07) is 6.92. The Bertz CT molecular complexity index is 678. The first-order valence-corrected chi connectivity index (χ1v) is 6.51. The van der Waals surface area contributed by atoms with E-state index in [2.05, 4.69) is 15.7 Å². The summed E-state index contributed by atoms with van der Waals surface area (Å²) in [4.78, 5) is 23.3. The van der Waals surface area contributed by atoms with Gasteiger partial charge in [0.25, 0.3) is 5.91 Å². The van der Waals surface area contributed by atoms with Gasteiger partial charge >= 0.3 is 6.03 Å². The van der Waals surface area contributed by atoms with Crippen molar-refractivity contribution in [2.75, 3.05) is 10.6 Å². The summed E-state index contributed by atoms with van der Waals surface area (Å²) in [5.41, 5.74) is 7.26. The number of benzene rings is 1. The highest BCUT2D eigenvalue weighted by Gasteiger charge is 2.15. The number of nitrogens with zero attached hydrogens (tertiary/aromatic N) is 2. The highest BCUT2D eigenvalue weighted by molar-refractivity contribution is 6.05. The third kappa shape index (κ3) is 3.59. The summed E-state index contributed by atoms with van der Waals surface area (Å²) in [6.07, 6.45) is 1.57. The smallest absolute Gasteiger partial charge is 0.323 e. The molecule has 4 N–H and O–H groups in total. The highest BCUT2D eigenvalue weighted by atomic mass is 16.2. The predicted molar refractivity (Wildman–Crippen MR) is 80.2 cm³/mol. The summed E-state index contributed by atoms with van der Waals surface area (Å²) >= 11 is 0. The van der Waals surface area contributed by atoms with E-state index in [0.29, 0.717) is 12.2 Å². The van der Waals surface area contributed by atoms with E-state index in [0.717, 1.165) is 5.56 Å². The van der Waals surface area contributed by atoms with Crippen molar-refractivity contribution in [3.05, 3.63) is 41.7 Å². The first kappa shape index (κ1) is 14.6. The van der Waals surface area contributed by atoms with Gasteiger partial charge in [0.05, 0.1) is 5.69 Å². The zero-order chi connectivity index (χ0) is 15.4. The van der Waals surface area contributed by atoms with Crippen LogP contribution < -0.4 is 16.4 Å². The molecule has 110 valence electrons. The van der Waals surface area contributed by atoms with E-state index in [1.165, 1.54) is 4.68 Å². The molecule has 7 nitrogen and oxygen atoms in total. The second-order valence-corrected chi connectivity index (χ2v) is 4.56. The van der Waals surface area contributed by atoms with Crippen LogP contribution in [0.5, 0.6) is 0 Å². The fraction of sp³-hybridized carbons (Fsp3) is 0.214. The molecule has 2 rings (SSSR count). The average molecular weight is 287 g/mol. The molecule has 0 saturated carbocycles. The minimum Gasteiger partial charge on any atom is -0.364 e. The summed E-state index contributed by atoms with van der Waals surface area (Å²) in [6.45, 7) is 4.37. The summed E-state index contributed by atoms with van der Waals surface area (Å²) in [5.74, 6) is -0.687. The Labute approximate surface area is 122 Å². The largest absolute Gasteiger partial charge is 0.364 e. The molecule has 0 saturated heterocycles. The normalized spacial score (nSPS) is 10.2. The summed E-state index contributed by atoms with van der Waals surface area (Å²) < 4.78 is 1.53. The number of primary amides is 1. The maximum atomic E-state index is 12.0. The molecule has 0 bridgehead atoms. The number of carbonyl (C=O) groups is 2. The van der Waals surface area contributed by atoms with Gasteiger partial charge in [-0.15, -0.1) is 0 Å². The van der Waals surface area contributed by atoms with Crippen molar-refractivity contribution in [2.24, 2.45) is 5.73 Å². The second-order valence-electron chi connectivity index (χ2n) is 4.56. The van der Waals surface area contributed by atoms with Gasteiger partial charge in [-0.3, -0.25) is 9.48 Å². The molecule has 21 heavy (non-hydrogen) atoms. The minimum absolute atomic E-state index is 0.0382. The first-order chi connectivity index (χ1) is 9.99. The standard InChI is InChI=1S/C14H17N5O2/c1-3-19-8-11(12(18-19)13(15)20)17-14(21)16-10-6-4-5-9(2)7-10/h4-8H,3H2,1-2H3,(H2,15,20)(H2,16,17,21). The molecular weight excluding hydrogens is 270 g/mol. The average Bonchev–Trinajstić information content (AvgIpc) is 2.81. The molecule has 0 spiro atoms. The fourth-order valence-corrected chi connectivity index (χ4v) is 1.86. The molecule has 0 unspecified atom stereocenters. The van der Waals surface area contributed by atoms with Crippen LogP contribution in [0.2, 0.25) is 0 Å². The molecule has 1 aromatic heterocycles. The SMILES string of the molecule is CCn1cc(NC(=O)Nc2cccc(C)c2)c(C(N)=O)n1. The quantitative estimate of drug-likeness (QED) is 0.800. The van der Waals surface area contributed by atoms with Crippen LogP contribution in [0, 0.1) is 6.92 Å². The van der Waals surface area contributed by atoms with Gasteiger partial charge in [0.2, 0.25) is 0 Å². The van der Waals surface area contributed by atoms with Crippen LogP contribution in [0.3, 0.4) is 0 Å². The molecule has 0 atom stereocenters. The van der Waals surface area contributed by atoms with Crippen LogP contribution in [-0.2, 0) is 6.54 Å². The molecule has 7 heteroatoms. The summed E-state index contributed by atoms with van der Waals surface area (Å²) in [5, 5.41) is 9.27. The molecule has 0 aliphatic heterocycles. The van der Waals surface area contributed by atoms with Gasteiger partial charge in [-0.2, -0.15) is 5.10 Å². The van der Waals surface area contributed by atoms with Gasteiger partial charge in [0, 0.05) is 18.4 Å². The van der Waals surface area contributed by atoms with E-state index in [1.807, 2.05) is 32.0 Å². The lowest BCUT2D eigenvalue weighted by Crippen LogP contribution is -2.22. The number of hydrogen-bond acceptors (Lipinski definition) is 3. The van der Waals surface area contributed by atoms with Crippen LogP contribution in [-0.4, -0.2) is 21.7 Å². The number of anilines is 2. The third-order valence-corrected chi connectivity index (χ3v) is 2.84. The number of nitrogens with one attached hydrogen (secondary N) is 2. The Kier molecular flexibility index (Phi) is 4.22. The second kappa shape index (κ2) is 6.08. The molecule has 1 aromatic carbocycles. The molecule has 0 aliphatic rings. The zero-order valence-corrected chi connectivity index (χ0v) is 11.9. The van der Waals surface area contributed by atoms with E-state index in [1.54, 1.807) is 12.3 Å². The Morgan fingerprint density at radius 1 is 1.33 bits per heavy atom. The highest BCUT2D eigenvalue weighted by Crippen LogP contribution is 2.15. The number of amides is 3. The molecule has 3 amide bonds. The number of carbonyl (C=O) groups excluding carboxylic acids is 2. The fourth-order valence-electron chi connectivity index (χ4n) is 1.86. The van der Waals surface area contributed by atoms with Gasteiger partial charge in [-0.05, 0) is 31.5 Å². The van der Waals surface area contributed by atoms with Gasteiger partial charge in [-0.25, -0.2) is 4.79 Å². The van der Waals surface area contributed by atoms with Crippen molar-refractivity contribution in [2.45, 2.75) is 20.4 Å². The van der Waals surface area contributed by atoms with Crippen molar-refractivity contribution in [1.82, 2.24) is 9.78 Å². The lowest BCUT2D eigenvalue weighted by atomic mass is 10.2. The maximum Gasteiger partial charge on any atom is 0.323 e. The molecule has 1 heterocycles. The van der Waals surface area contributed by atoms with Crippen LogP contribution in [0.1, 0.15) is 23.0 Å². The zero-order valence-electron chi connectivity index (χ0n) is 11.9.